The summed E-state index contributed by atoms with van der Waals surface area (Å²) in [7, 11) is 0. The van der Waals surface area contributed by atoms with Crippen molar-refractivity contribution < 1.29 is 14.7 Å². The van der Waals surface area contributed by atoms with Crippen molar-refractivity contribution in [2.75, 3.05) is 11.9 Å². The lowest BCUT2D eigenvalue weighted by molar-refractivity contribution is 0.0698. The van der Waals surface area contributed by atoms with Gasteiger partial charge in [-0.25, -0.2) is 9.59 Å². The number of hydrogen-bond acceptors (Lipinski definition) is 2. The number of carboxylic acid groups (broad SMARTS) is 1. The summed E-state index contributed by atoms with van der Waals surface area (Å²) in [5, 5.41) is 14.6. The maximum absolute atomic E-state index is 11.8. The van der Waals surface area contributed by atoms with Crippen LogP contribution in [0.3, 0.4) is 0 Å². The van der Waals surface area contributed by atoms with E-state index in [4.69, 9.17) is 5.11 Å². The minimum atomic E-state index is -1.04. The number of carboxylic acids is 1. The lowest BCUT2D eigenvalue weighted by atomic mass is 10.0. The molecule has 2 amide bonds. The molecule has 3 N–H and O–H groups in total. The van der Waals surface area contributed by atoms with Gasteiger partial charge in [0, 0.05) is 6.54 Å². The minimum absolute atomic E-state index is 0.112. The fraction of sp³-hybridized carbons (Fsp3) is 0.500. The number of rotatable bonds is 5. The van der Waals surface area contributed by atoms with Gasteiger partial charge in [-0.3, -0.25) is 0 Å². The van der Waals surface area contributed by atoms with Crippen LogP contribution in [0.5, 0.6) is 0 Å². The van der Waals surface area contributed by atoms with Crippen molar-refractivity contribution in [1.29, 1.82) is 0 Å². The monoisotopic (exact) mass is 290 g/mol. The number of amides is 2. The van der Waals surface area contributed by atoms with Gasteiger partial charge in [0.1, 0.15) is 0 Å². The predicted molar refractivity (Wildman–Crippen MR) is 81.7 cm³/mol. The summed E-state index contributed by atoms with van der Waals surface area (Å²) in [5.74, 6) is -0.320. The lowest BCUT2D eigenvalue weighted by Crippen LogP contribution is -2.31. The number of carbonyl (C=O) groups is 2. The molecular formula is C16H22N2O3. The van der Waals surface area contributed by atoms with Crippen molar-refractivity contribution >= 4 is 17.7 Å². The van der Waals surface area contributed by atoms with Crippen LogP contribution in [-0.2, 0) is 0 Å². The Morgan fingerprint density at radius 1 is 1.29 bits per heavy atom. The summed E-state index contributed by atoms with van der Waals surface area (Å²) in [6.07, 6.45) is 6.09. The van der Waals surface area contributed by atoms with Crippen molar-refractivity contribution in [2.45, 2.75) is 39.0 Å². The smallest absolute Gasteiger partial charge is 0.337 e. The SMILES string of the molecule is Cc1ccc(NC(=O)NCCC2CCCC2)c(C(=O)O)c1. The summed E-state index contributed by atoms with van der Waals surface area (Å²) in [6, 6.07) is 4.60. The van der Waals surface area contributed by atoms with E-state index >= 15 is 0 Å². The fourth-order valence-corrected chi connectivity index (χ4v) is 2.80. The van der Waals surface area contributed by atoms with Gasteiger partial charge in [-0.05, 0) is 31.4 Å². The number of aryl methyl sites for hydroxylation is 1. The van der Waals surface area contributed by atoms with E-state index in [0.717, 1.165) is 17.9 Å². The van der Waals surface area contributed by atoms with Crippen LogP contribution in [0.2, 0.25) is 0 Å². The van der Waals surface area contributed by atoms with E-state index in [2.05, 4.69) is 10.6 Å². The van der Waals surface area contributed by atoms with Gasteiger partial charge in [0.25, 0.3) is 0 Å². The molecule has 1 aromatic carbocycles. The Hall–Kier alpha value is -2.04. The molecule has 0 radical (unpaired) electrons. The molecule has 0 aromatic heterocycles. The molecule has 1 fully saturated rings. The normalized spacial score (nSPS) is 14.9. The first kappa shape index (κ1) is 15.4. The van der Waals surface area contributed by atoms with Crippen LogP contribution < -0.4 is 10.6 Å². The molecule has 114 valence electrons. The van der Waals surface area contributed by atoms with E-state index < -0.39 is 5.97 Å². The maximum atomic E-state index is 11.8. The quantitative estimate of drug-likeness (QED) is 0.777. The Kier molecular flexibility index (Phi) is 5.20. The number of aromatic carboxylic acids is 1. The molecule has 1 aliphatic rings. The Balaban J connectivity index is 1.85. The molecule has 5 nitrogen and oxygen atoms in total. The van der Waals surface area contributed by atoms with Crippen LogP contribution in [0.15, 0.2) is 18.2 Å². The van der Waals surface area contributed by atoms with E-state index in [1.807, 2.05) is 6.92 Å². The molecule has 5 heteroatoms. The summed E-state index contributed by atoms with van der Waals surface area (Å²) in [5.41, 5.74) is 1.28. The highest BCUT2D eigenvalue weighted by Gasteiger charge is 2.15. The third-order valence-electron chi connectivity index (χ3n) is 3.97. The van der Waals surface area contributed by atoms with Gasteiger partial charge in [-0.1, -0.05) is 37.3 Å². The van der Waals surface area contributed by atoms with Crippen molar-refractivity contribution in [1.82, 2.24) is 5.32 Å². The average Bonchev–Trinajstić information content (AvgIpc) is 2.94. The third-order valence-corrected chi connectivity index (χ3v) is 3.97. The Labute approximate surface area is 124 Å². The predicted octanol–water partition coefficient (Wildman–Crippen LogP) is 3.40. The largest absolute Gasteiger partial charge is 0.478 e. The number of nitrogens with one attached hydrogen (secondary N) is 2. The van der Waals surface area contributed by atoms with E-state index in [1.54, 1.807) is 18.2 Å². The van der Waals surface area contributed by atoms with Gasteiger partial charge in [-0.2, -0.15) is 0 Å². The Bertz CT molecular complexity index is 522. The summed E-state index contributed by atoms with van der Waals surface area (Å²) in [4.78, 5) is 23.0. The number of urea groups is 1. The van der Waals surface area contributed by atoms with E-state index in [9.17, 15) is 9.59 Å². The minimum Gasteiger partial charge on any atom is -0.478 e. The van der Waals surface area contributed by atoms with E-state index in [0.29, 0.717) is 12.2 Å². The second-order valence-corrected chi connectivity index (χ2v) is 5.67. The van der Waals surface area contributed by atoms with Crippen LogP contribution in [0.4, 0.5) is 10.5 Å². The van der Waals surface area contributed by atoms with Gasteiger partial charge in [0.05, 0.1) is 11.3 Å². The molecule has 21 heavy (non-hydrogen) atoms. The van der Waals surface area contributed by atoms with Crippen molar-refractivity contribution in [3.05, 3.63) is 29.3 Å². The van der Waals surface area contributed by atoms with E-state index in [-0.39, 0.29) is 11.6 Å². The van der Waals surface area contributed by atoms with Gasteiger partial charge in [-0.15, -0.1) is 0 Å². The third kappa shape index (κ3) is 4.48. The summed E-state index contributed by atoms with van der Waals surface area (Å²) in [6.45, 7) is 2.45. The Morgan fingerprint density at radius 3 is 2.67 bits per heavy atom. The molecule has 1 aliphatic carbocycles. The second-order valence-electron chi connectivity index (χ2n) is 5.67. The van der Waals surface area contributed by atoms with Crippen molar-refractivity contribution in [3.63, 3.8) is 0 Å². The molecule has 0 aliphatic heterocycles. The van der Waals surface area contributed by atoms with Crippen LogP contribution >= 0.6 is 0 Å². The standard InChI is InChI=1S/C16H22N2O3/c1-11-6-7-14(13(10-11)15(19)20)18-16(21)17-9-8-12-4-2-3-5-12/h6-7,10,12H,2-5,8-9H2,1H3,(H,19,20)(H2,17,18,21). The van der Waals surface area contributed by atoms with Crippen LogP contribution in [-0.4, -0.2) is 23.7 Å². The van der Waals surface area contributed by atoms with Crippen LogP contribution in [0.1, 0.15) is 48.0 Å². The highest BCUT2D eigenvalue weighted by atomic mass is 16.4. The van der Waals surface area contributed by atoms with Crippen molar-refractivity contribution in [2.24, 2.45) is 5.92 Å². The number of carbonyl (C=O) groups excluding carboxylic acids is 1. The Morgan fingerprint density at radius 2 is 2.00 bits per heavy atom. The van der Waals surface area contributed by atoms with Gasteiger partial charge in [0.2, 0.25) is 0 Å². The average molecular weight is 290 g/mol. The second kappa shape index (κ2) is 7.11. The molecule has 1 saturated carbocycles. The molecule has 0 saturated heterocycles. The maximum Gasteiger partial charge on any atom is 0.337 e. The number of hydrogen-bond donors (Lipinski definition) is 3. The van der Waals surface area contributed by atoms with Gasteiger partial charge >= 0.3 is 12.0 Å². The summed E-state index contributed by atoms with van der Waals surface area (Å²) >= 11 is 0. The number of anilines is 1. The first-order valence-corrected chi connectivity index (χ1v) is 7.45. The first-order valence-electron chi connectivity index (χ1n) is 7.45. The zero-order valence-electron chi connectivity index (χ0n) is 12.3. The molecule has 0 heterocycles. The zero-order chi connectivity index (χ0) is 15.2. The molecule has 2 rings (SSSR count). The zero-order valence-corrected chi connectivity index (χ0v) is 12.3. The molecule has 0 bridgehead atoms. The van der Waals surface area contributed by atoms with E-state index in [1.165, 1.54) is 25.7 Å². The topological polar surface area (TPSA) is 78.4 Å². The van der Waals surface area contributed by atoms with Crippen LogP contribution in [0, 0.1) is 12.8 Å². The lowest BCUT2D eigenvalue weighted by Gasteiger charge is -2.12. The van der Waals surface area contributed by atoms with Crippen molar-refractivity contribution in [3.8, 4) is 0 Å². The molecular weight excluding hydrogens is 268 g/mol. The fourth-order valence-electron chi connectivity index (χ4n) is 2.80. The highest BCUT2D eigenvalue weighted by molar-refractivity contribution is 6.00. The molecule has 0 unspecified atom stereocenters. The molecule has 0 atom stereocenters. The molecule has 0 spiro atoms. The molecule has 1 aromatic rings. The summed E-state index contributed by atoms with van der Waals surface area (Å²) < 4.78 is 0. The van der Waals surface area contributed by atoms with Gasteiger partial charge < -0.3 is 15.7 Å². The number of benzene rings is 1. The van der Waals surface area contributed by atoms with Gasteiger partial charge in [0.15, 0.2) is 0 Å². The first-order chi connectivity index (χ1) is 10.1. The van der Waals surface area contributed by atoms with Crippen LogP contribution in [0.25, 0.3) is 0 Å². The highest BCUT2D eigenvalue weighted by Crippen LogP contribution is 2.26.